The van der Waals surface area contributed by atoms with E-state index in [9.17, 15) is 0 Å². The van der Waals surface area contributed by atoms with Gasteiger partial charge in [-0.25, -0.2) is 0 Å². The fraction of sp³-hybridized carbons (Fsp3) is 1.00. The lowest BCUT2D eigenvalue weighted by Gasteiger charge is -2.29. The first-order chi connectivity index (χ1) is 6.90. The molecule has 0 heterocycles. The topological polar surface area (TPSA) is 20.2 Å². The van der Waals surface area contributed by atoms with Gasteiger partial charge in [0.15, 0.2) is 0 Å². The summed E-state index contributed by atoms with van der Waals surface area (Å²) in [4.78, 5) is 0. The minimum absolute atomic E-state index is 0.351. The molecular formula is C14H30O. The van der Waals surface area contributed by atoms with Gasteiger partial charge in [-0.05, 0) is 30.1 Å². The van der Waals surface area contributed by atoms with E-state index in [0.717, 1.165) is 18.3 Å². The van der Waals surface area contributed by atoms with Crippen molar-refractivity contribution in [3.63, 3.8) is 0 Å². The van der Waals surface area contributed by atoms with Crippen molar-refractivity contribution in [3.8, 4) is 0 Å². The van der Waals surface area contributed by atoms with Gasteiger partial charge in [0.1, 0.15) is 0 Å². The highest BCUT2D eigenvalue weighted by molar-refractivity contribution is 4.72. The van der Waals surface area contributed by atoms with E-state index in [2.05, 4.69) is 34.6 Å². The molecule has 1 nitrogen and oxygen atoms in total. The SMILES string of the molecule is CCC(CCCCO)C(C)CC(C)(C)C. The van der Waals surface area contributed by atoms with Crippen LogP contribution in [0.3, 0.4) is 0 Å². The number of aliphatic hydroxyl groups excluding tert-OH is 1. The van der Waals surface area contributed by atoms with Crippen LogP contribution in [0.2, 0.25) is 0 Å². The zero-order valence-corrected chi connectivity index (χ0v) is 11.3. The van der Waals surface area contributed by atoms with Gasteiger partial charge in [0.05, 0.1) is 0 Å². The van der Waals surface area contributed by atoms with Crippen LogP contribution in [0.25, 0.3) is 0 Å². The molecule has 0 rings (SSSR count). The summed E-state index contributed by atoms with van der Waals surface area (Å²) in [7, 11) is 0. The Morgan fingerprint density at radius 1 is 1.13 bits per heavy atom. The van der Waals surface area contributed by atoms with E-state index in [0.29, 0.717) is 12.0 Å². The van der Waals surface area contributed by atoms with Crippen LogP contribution in [0.15, 0.2) is 0 Å². The summed E-state index contributed by atoms with van der Waals surface area (Å²) in [5.41, 5.74) is 0.448. The Kier molecular flexibility index (Phi) is 7.25. The third kappa shape index (κ3) is 7.84. The second-order valence-corrected chi connectivity index (χ2v) is 6.13. The third-order valence-electron chi connectivity index (χ3n) is 3.25. The maximum Gasteiger partial charge on any atom is 0.0431 e. The molecule has 0 aromatic carbocycles. The van der Waals surface area contributed by atoms with Gasteiger partial charge in [0.25, 0.3) is 0 Å². The van der Waals surface area contributed by atoms with Gasteiger partial charge in [-0.3, -0.25) is 0 Å². The van der Waals surface area contributed by atoms with Crippen molar-refractivity contribution in [2.75, 3.05) is 6.61 Å². The minimum atomic E-state index is 0.351. The van der Waals surface area contributed by atoms with Crippen LogP contribution in [0, 0.1) is 17.3 Å². The molecule has 92 valence electrons. The number of unbranched alkanes of at least 4 members (excludes halogenated alkanes) is 1. The van der Waals surface area contributed by atoms with Gasteiger partial charge in [0.2, 0.25) is 0 Å². The quantitative estimate of drug-likeness (QED) is 0.628. The van der Waals surface area contributed by atoms with Crippen LogP contribution < -0.4 is 0 Å². The molecule has 2 atom stereocenters. The average molecular weight is 214 g/mol. The van der Waals surface area contributed by atoms with Gasteiger partial charge in [0, 0.05) is 6.61 Å². The second-order valence-electron chi connectivity index (χ2n) is 6.13. The van der Waals surface area contributed by atoms with Crippen molar-refractivity contribution in [2.24, 2.45) is 17.3 Å². The molecule has 15 heavy (non-hydrogen) atoms. The largest absolute Gasteiger partial charge is 0.396 e. The zero-order valence-electron chi connectivity index (χ0n) is 11.3. The number of aliphatic hydroxyl groups is 1. The fourth-order valence-corrected chi connectivity index (χ4v) is 2.54. The van der Waals surface area contributed by atoms with Gasteiger partial charge >= 0.3 is 0 Å². The van der Waals surface area contributed by atoms with Crippen LogP contribution in [0.1, 0.15) is 66.7 Å². The standard InChI is InChI=1S/C14H30O/c1-6-13(9-7-8-10-15)12(2)11-14(3,4)5/h12-13,15H,6-11H2,1-5H3. The molecule has 1 heteroatoms. The minimum Gasteiger partial charge on any atom is -0.396 e. The number of hydrogen-bond acceptors (Lipinski definition) is 1. The van der Waals surface area contributed by atoms with E-state index in [4.69, 9.17) is 5.11 Å². The van der Waals surface area contributed by atoms with Crippen molar-refractivity contribution in [1.82, 2.24) is 0 Å². The molecule has 0 bridgehead atoms. The Bertz CT molecular complexity index is 146. The monoisotopic (exact) mass is 214 g/mol. The summed E-state index contributed by atoms with van der Waals surface area (Å²) in [5.74, 6) is 1.66. The first kappa shape index (κ1) is 15.0. The van der Waals surface area contributed by atoms with Crippen molar-refractivity contribution in [3.05, 3.63) is 0 Å². The maximum absolute atomic E-state index is 8.78. The summed E-state index contributed by atoms with van der Waals surface area (Å²) in [6, 6.07) is 0. The fourth-order valence-electron chi connectivity index (χ4n) is 2.54. The van der Waals surface area contributed by atoms with Crippen LogP contribution in [-0.2, 0) is 0 Å². The van der Waals surface area contributed by atoms with E-state index < -0.39 is 0 Å². The molecule has 0 aliphatic rings. The van der Waals surface area contributed by atoms with E-state index in [1.165, 1.54) is 25.7 Å². The maximum atomic E-state index is 8.78. The van der Waals surface area contributed by atoms with E-state index in [-0.39, 0.29) is 0 Å². The number of rotatable bonds is 7. The van der Waals surface area contributed by atoms with Crippen LogP contribution in [0.4, 0.5) is 0 Å². The molecule has 0 aliphatic carbocycles. The van der Waals surface area contributed by atoms with Crippen molar-refractivity contribution < 1.29 is 5.11 Å². The molecule has 0 aliphatic heterocycles. The molecule has 0 aromatic rings. The summed E-state index contributed by atoms with van der Waals surface area (Å²) >= 11 is 0. The Morgan fingerprint density at radius 2 is 1.73 bits per heavy atom. The Balaban J connectivity index is 3.93. The molecule has 0 aromatic heterocycles. The second kappa shape index (κ2) is 7.27. The summed E-state index contributed by atoms with van der Waals surface area (Å²) in [6.07, 6.45) is 6.03. The van der Waals surface area contributed by atoms with Crippen LogP contribution >= 0.6 is 0 Å². The van der Waals surface area contributed by atoms with Crippen molar-refractivity contribution in [1.29, 1.82) is 0 Å². The molecular weight excluding hydrogens is 184 g/mol. The van der Waals surface area contributed by atoms with Gasteiger partial charge < -0.3 is 5.11 Å². The molecule has 0 saturated heterocycles. The normalized spacial score (nSPS) is 16.4. The smallest absolute Gasteiger partial charge is 0.0431 e. The Hall–Kier alpha value is -0.0400. The highest BCUT2D eigenvalue weighted by Crippen LogP contribution is 2.32. The van der Waals surface area contributed by atoms with Crippen molar-refractivity contribution in [2.45, 2.75) is 66.7 Å². The molecule has 0 amide bonds. The number of hydrogen-bond donors (Lipinski definition) is 1. The molecule has 0 fully saturated rings. The third-order valence-corrected chi connectivity index (χ3v) is 3.25. The van der Waals surface area contributed by atoms with Gasteiger partial charge in [-0.1, -0.05) is 53.9 Å². The summed E-state index contributed by atoms with van der Waals surface area (Å²) in [5, 5.41) is 8.78. The van der Waals surface area contributed by atoms with Gasteiger partial charge in [-0.2, -0.15) is 0 Å². The van der Waals surface area contributed by atoms with Crippen LogP contribution in [-0.4, -0.2) is 11.7 Å². The zero-order chi connectivity index (χ0) is 11.9. The van der Waals surface area contributed by atoms with Crippen LogP contribution in [0.5, 0.6) is 0 Å². The summed E-state index contributed by atoms with van der Waals surface area (Å²) in [6.45, 7) is 12.0. The lowest BCUT2D eigenvalue weighted by atomic mass is 9.77. The molecule has 0 radical (unpaired) electrons. The Morgan fingerprint density at radius 3 is 2.13 bits per heavy atom. The highest BCUT2D eigenvalue weighted by Gasteiger charge is 2.21. The summed E-state index contributed by atoms with van der Waals surface area (Å²) < 4.78 is 0. The predicted molar refractivity (Wildman–Crippen MR) is 68.0 cm³/mol. The molecule has 2 unspecified atom stereocenters. The van der Waals surface area contributed by atoms with E-state index in [1.807, 2.05) is 0 Å². The predicted octanol–water partition coefficient (Wildman–Crippen LogP) is 4.25. The Labute approximate surface area is 96.3 Å². The lowest BCUT2D eigenvalue weighted by Crippen LogP contribution is -2.18. The average Bonchev–Trinajstić information content (AvgIpc) is 2.09. The molecule has 0 saturated carbocycles. The first-order valence-corrected chi connectivity index (χ1v) is 6.51. The van der Waals surface area contributed by atoms with Gasteiger partial charge in [-0.15, -0.1) is 0 Å². The highest BCUT2D eigenvalue weighted by atomic mass is 16.2. The molecule has 0 spiro atoms. The van der Waals surface area contributed by atoms with E-state index >= 15 is 0 Å². The van der Waals surface area contributed by atoms with Crippen molar-refractivity contribution >= 4 is 0 Å². The first-order valence-electron chi connectivity index (χ1n) is 6.51. The van der Waals surface area contributed by atoms with E-state index in [1.54, 1.807) is 0 Å². The molecule has 1 N–H and O–H groups in total. The lowest BCUT2D eigenvalue weighted by molar-refractivity contribution is 0.213.